The predicted molar refractivity (Wildman–Crippen MR) is 102 cm³/mol. The Kier molecular flexibility index (Phi) is 6.48. The van der Waals surface area contributed by atoms with Crippen molar-refractivity contribution < 1.29 is 19.1 Å². The maximum Gasteiger partial charge on any atom is 0.410 e. The van der Waals surface area contributed by atoms with Crippen molar-refractivity contribution in [3.05, 3.63) is 47.3 Å². The van der Waals surface area contributed by atoms with E-state index in [1.807, 2.05) is 51.1 Å². The summed E-state index contributed by atoms with van der Waals surface area (Å²) in [5.74, 6) is -0.498. The molecule has 1 heterocycles. The zero-order valence-electron chi connectivity index (χ0n) is 16.5. The molecule has 1 unspecified atom stereocenters. The SMILES string of the molecule is [C-]#[N+]C(C(=O)OCC)C1(c2ccccc2)CCN(C(=O)OC(C)(C)C)CC1. The van der Waals surface area contributed by atoms with Gasteiger partial charge < -0.3 is 19.2 Å². The number of ether oxygens (including phenoxy) is 2. The second kappa shape index (κ2) is 8.43. The maximum atomic E-state index is 12.5. The lowest BCUT2D eigenvalue weighted by Crippen LogP contribution is -2.53. The molecule has 1 atom stereocenters. The minimum atomic E-state index is -0.930. The fraction of sp³-hybridized carbons (Fsp3) is 0.571. The molecular formula is C21H28N2O4. The highest BCUT2D eigenvalue weighted by atomic mass is 16.6. The summed E-state index contributed by atoms with van der Waals surface area (Å²) in [5, 5.41) is 0. The van der Waals surface area contributed by atoms with Gasteiger partial charge in [0.15, 0.2) is 0 Å². The summed E-state index contributed by atoms with van der Waals surface area (Å²) >= 11 is 0. The second-order valence-corrected chi connectivity index (χ2v) is 7.77. The molecule has 0 bridgehead atoms. The van der Waals surface area contributed by atoms with Gasteiger partial charge in [0.1, 0.15) is 5.60 Å². The first-order chi connectivity index (χ1) is 12.7. The van der Waals surface area contributed by atoms with Gasteiger partial charge in [-0.15, -0.1) is 0 Å². The molecule has 1 aromatic carbocycles. The molecule has 2 rings (SSSR count). The van der Waals surface area contributed by atoms with Crippen LogP contribution in [-0.4, -0.2) is 48.3 Å². The van der Waals surface area contributed by atoms with Gasteiger partial charge in [-0.05, 0) is 46.1 Å². The molecule has 1 fully saturated rings. The summed E-state index contributed by atoms with van der Waals surface area (Å²) in [4.78, 5) is 30.2. The molecule has 0 N–H and O–H groups in total. The molecule has 0 saturated carbocycles. The molecule has 0 aromatic heterocycles. The second-order valence-electron chi connectivity index (χ2n) is 7.77. The summed E-state index contributed by atoms with van der Waals surface area (Å²) in [7, 11) is 0. The lowest BCUT2D eigenvalue weighted by molar-refractivity contribution is -0.145. The highest BCUT2D eigenvalue weighted by Gasteiger charge is 2.52. The molecule has 27 heavy (non-hydrogen) atoms. The minimum Gasteiger partial charge on any atom is -0.460 e. The molecule has 1 amide bonds. The average Bonchev–Trinajstić information content (AvgIpc) is 2.62. The largest absolute Gasteiger partial charge is 0.460 e. The molecule has 1 aliphatic heterocycles. The van der Waals surface area contributed by atoms with Crippen LogP contribution in [0.4, 0.5) is 4.79 Å². The molecular weight excluding hydrogens is 344 g/mol. The first-order valence-corrected chi connectivity index (χ1v) is 9.30. The van der Waals surface area contributed by atoms with Gasteiger partial charge in [-0.2, -0.15) is 0 Å². The van der Waals surface area contributed by atoms with Crippen LogP contribution >= 0.6 is 0 Å². The van der Waals surface area contributed by atoms with E-state index in [1.54, 1.807) is 11.8 Å². The first kappa shape index (κ1) is 20.8. The van der Waals surface area contributed by atoms with Crippen molar-refractivity contribution in [1.82, 2.24) is 4.90 Å². The standard InChI is InChI=1S/C21H28N2O4/c1-6-26-18(24)17(22-5)21(16-10-8-7-9-11-16)12-14-23(15-13-21)19(25)27-20(2,3)4/h7-11,17H,6,12-15H2,1-4H3. The number of nitrogens with zero attached hydrogens (tertiary/aromatic N) is 2. The number of esters is 1. The van der Waals surface area contributed by atoms with Gasteiger partial charge in [0, 0.05) is 13.1 Å². The van der Waals surface area contributed by atoms with E-state index in [0.717, 1.165) is 5.56 Å². The van der Waals surface area contributed by atoms with Gasteiger partial charge in [-0.25, -0.2) is 16.2 Å². The number of hydrogen-bond donors (Lipinski definition) is 0. The smallest absolute Gasteiger partial charge is 0.410 e. The Balaban J connectivity index is 2.28. The number of piperidine rings is 1. The molecule has 0 radical (unpaired) electrons. The van der Waals surface area contributed by atoms with Crippen LogP contribution in [0.1, 0.15) is 46.1 Å². The lowest BCUT2D eigenvalue weighted by Gasteiger charge is -2.41. The van der Waals surface area contributed by atoms with Gasteiger partial charge in [0.25, 0.3) is 0 Å². The summed E-state index contributed by atoms with van der Waals surface area (Å²) < 4.78 is 10.6. The van der Waals surface area contributed by atoms with Gasteiger partial charge in [-0.3, -0.25) is 0 Å². The van der Waals surface area contributed by atoms with Crippen LogP contribution in [0.2, 0.25) is 0 Å². The Labute approximate surface area is 161 Å². The number of carbonyl (C=O) groups excluding carboxylic acids is 2. The molecule has 146 valence electrons. The Morgan fingerprint density at radius 3 is 2.30 bits per heavy atom. The van der Waals surface area contributed by atoms with E-state index in [0.29, 0.717) is 25.9 Å². The van der Waals surface area contributed by atoms with Gasteiger partial charge >= 0.3 is 18.1 Å². The van der Waals surface area contributed by atoms with Crippen LogP contribution in [-0.2, 0) is 19.7 Å². The van der Waals surface area contributed by atoms with Crippen molar-refractivity contribution in [2.75, 3.05) is 19.7 Å². The van der Waals surface area contributed by atoms with Crippen molar-refractivity contribution in [2.45, 2.75) is 57.6 Å². The summed E-state index contributed by atoms with van der Waals surface area (Å²) in [5.41, 5.74) is -0.300. The molecule has 1 aliphatic rings. The van der Waals surface area contributed by atoms with Crippen LogP contribution < -0.4 is 0 Å². The van der Waals surface area contributed by atoms with E-state index >= 15 is 0 Å². The minimum absolute atomic E-state index is 0.236. The number of likely N-dealkylation sites (tertiary alicyclic amines) is 1. The number of rotatable bonds is 4. The lowest BCUT2D eigenvalue weighted by atomic mass is 9.67. The van der Waals surface area contributed by atoms with E-state index < -0.39 is 23.0 Å². The zero-order valence-corrected chi connectivity index (χ0v) is 16.5. The molecule has 0 spiro atoms. The molecule has 6 nitrogen and oxygen atoms in total. The monoisotopic (exact) mass is 372 g/mol. The van der Waals surface area contributed by atoms with Crippen molar-refractivity contribution in [3.63, 3.8) is 0 Å². The fourth-order valence-corrected chi connectivity index (χ4v) is 3.53. The van der Waals surface area contributed by atoms with E-state index in [4.69, 9.17) is 16.0 Å². The Hall–Kier alpha value is -2.55. The quantitative estimate of drug-likeness (QED) is 0.596. The molecule has 1 saturated heterocycles. The van der Waals surface area contributed by atoms with Crippen molar-refractivity contribution in [2.24, 2.45) is 0 Å². The Bertz CT molecular complexity index is 695. The molecule has 1 aromatic rings. The normalized spacial score (nSPS) is 17.5. The Morgan fingerprint density at radius 2 is 1.81 bits per heavy atom. The predicted octanol–water partition coefficient (Wildman–Crippen LogP) is 3.81. The number of carbonyl (C=O) groups is 2. The number of hydrogen-bond acceptors (Lipinski definition) is 4. The van der Waals surface area contributed by atoms with Gasteiger partial charge in [0.05, 0.1) is 12.0 Å². The summed E-state index contributed by atoms with van der Waals surface area (Å²) in [6.07, 6.45) is 0.643. The third kappa shape index (κ3) is 4.79. The fourth-order valence-electron chi connectivity index (χ4n) is 3.53. The van der Waals surface area contributed by atoms with Crippen LogP contribution in [0.15, 0.2) is 30.3 Å². The summed E-state index contributed by atoms with van der Waals surface area (Å²) in [6, 6.07) is 8.68. The third-order valence-corrected chi connectivity index (χ3v) is 4.82. The van der Waals surface area contributed by atoms with E-state index in [-0.39, 0.29) is 12.7 Å². The Morgan fingerprint density at radius 1 is 1.22 bits per heavy atom. The number of benzene rings is 1. The topological polar surface area (TPSA) is 60.2 Å². The zero-order chi connectivity index (χ0) is 20.1. The van der Waals surface area contributed by atoms with Crippen molar-refractivity contribution >= 4 is 12.1 Å². The van der Waals surface area contributed by atoms with E-state index in [9.17, 15) is 9.59 Å². The highest BCUT2D eigenvalue weighted by Crippen LogP contribution is 2.41. The first-order valence-electron chi connectivity index (χ1n) is 9.30. The van der Waals surface area contributed by atoms with Crippen LogP contribution in [0.5, 0.6) is 0 Å². The molecule has 6 heteroatoms. The average molecular weight is 372 g/mol. The third-order valence-electron chi connectivity index (χ3n) is 4.82. The van der Waals surface area contributed by atoms with E-state index in [2.05, 4.69) is 4.85 Å². The van der Waals surface area contributed by atoms with Crippen molar-refractivity contribution in [3.8, 4) is 0 Å². The molecule has 0 aliphatic carbocycles. The van der Waals surface area contributed by atoms with Gasteiger partial charge in [0.2, 0.25) is 0 Å². The van der Waals surface area contributed by atoms with Crippen molar-refractivity contribution in [1.29, 1.82) is 0 Å². The van der Waals surface area contributed by atoms with E-state index in [1.165, 1.54) is 0 Å². The maximum absolute atomic E-state index is 12.5. The summed E-state index contributed by atoms with van der Waals surface area (Å²) in [6.45, 7) is 16.0. The number of amides is 1. The highest BCUT2D eigenvalue weighted by molar-refractivity contribution is 5.80. The van der Waals surface area contributed by atoms with Crippen LogP contribution in [0, 0.1) is 6.57 Å². The van der Waals surface area contributed by atoms with Crippen LogP contribution in [0.25, 0.3) is 4.85 Å². The van der Waals surface area contributed by atoms with Crippen LogP contribution in [0.3, 0.4) is 0 Å². The van der Waals surface area contributed by atoms with Gasteiger partial charge in [-0.1, -0.05) is 30.3 Å².